The highest BCUT2D eigenvalue weighted by atomic mass is 16.2. The van der Waals surface area contributed by atoms with Gasteiger partial charge in [-0.1, -0.05) is 30.3 Å². The van der Waals surface area contributed by atoms with E-state index in [1.54, 1.807) is 0 Å². The van der Waals surface area contributed by atoms with Crippen LogP contribution in [0.3, 0.4) is 0 Å². The second-order valence-corrected chi connectivity index (χ2v) is 7.04. The molecule has 0 N–H and O–H groups in total. The van der Waals surface area contributed by atoms with Crippen LogP contribution in [0.15, 0.2) is 42.7 Å². The first-order valence-electron chi connectivity index (χ1n) is 8.44. The quantitative estimate of drug-likeness (QED) is 0.851. The van der Waals surface area contributed by atoms with Gasteiger partial charge in [-0.3, -0.25) is 4.79 Å². The van der Waals surface area contributed by atoms with E-state index < -0.39 is 0 Å². The Balaban J connectivity index is 1.73. The molecule has 0 bridgehead atoms. The van der Waals surface area contributed by atoms with Crippen molar-refractivity contribution in [2.75, 3.05) is 31.6 Å². The normalized spacial score (nSPS) is 26.6. The summed E-state index contributed by atoms with van der Waals surface area (Å²) in [4.78, 5) is 26.0. The minimum atomic E-state index is -0.357. The maximum atomic E-state index is 13.0. The summed E-state index contributed by atoms with van der Waals surface area (Å²) < 4.78 is 0. The van der Waals surface area contributed by atoms with Gasteiger partial charge in [-0.15, -0.1) is 0 Å². The van der Waals surface area contributed by atoms with Crippen molar-refractivity contribution in [2.24, 2.45) is 5.41 Å². The number of carbonyl (C=O) groups is 1. The van der Waals surface area contributed by atoms with Crippen molar-refractivity contribution >= 4 is 11.9 Å². The first-order chi connectivity index (χ1) is 11.6. The molecule has 1 amide bonds. The molecule has 5 nitrogen and oxygen atoms in total. The van der Waals surface area contributed by atoms with Crippen LogP contribution < -0.4 is 4.90 Å². The number of amides is 1. The molecule has 4 rings (SSSR count). The van der Waals surface area contributed by atoms with E-state index in [1.807, 2.05) is 37.3 Å². The number of aryl methyl sites for hydroxylation is 1. The molecule has 1 aromatic carbocycles. The van der Waals surface area contributed by atoms with E-state index >= 15 is 0 Å². The number of likely N-dealkylation sites (tertiary alicyclic amines) is 1. The summed E-state index contributed by atoms with van der Waals surface area (Å²) in [6, 6.07) is 10.4. The first-order valence-corrected chi connectivity index (χ1v) is 8.44. The van der Waals surface area contributed by atoms with Gasteiger partial charge in [0.05, 0.1) is 5.41 Å². The van der Waals surface area contributed by atoms with Crippen molar-refractivity contribution in [3.8, 4) is 0 Å². The van der Waals surface area contributed by atoms with Gasteiger partial charge in [0.15, 0.2) is 0 Å². The molecule has 2 aromatic rings. The van der Waals surface area contributed by atoms with Gasteiger partial charge in [0.1, 0.15) is 0 Å². The van der Waals surface area contributed by atoms with E-state index in [-0.39, 0.29) is 17.2 Å². The van der Waals surface area contributed by atoms with Crippen LogP contribution in [-0.4, -0.2) is 47.5 Å². The lowest BCUT2D eigenvalue weighted by Crippen LogP contribution is -2.38. The van der Waals surface area contributed by atoms with E-state index in [2.05, 4.69) is 39.1 Å². The van der Waals surface area contributed by atoms with Gasteiger partial charge < -0.3 is 9.80 Å². The molecule has 2 aliphatic heterocycles. The predicted molar refractivity (Wildman–Crippen MR) is 92.9 cm³/mol. The summed E-state index contributed by atoms with van der Waals surface area (Å²) in [5, 5.41) is 0. The average Bonchev–Trinajstić information content (AvgIpc) is 3.13. The third-order valence-electron chi connectivity index (χ3n) is 5.46. The van der Waals surface area contributed by atoms with Crippen LogP contribution >= 0.6 is 0 Å². The van der Waals surface area contributed by atoms with Crippen LogP contribution in [0, 0.1) is 12.3 Å². The van der Waals surface area contributed by atoms with Gasteiger partial charge in [0.2, 0.25) is 11.9 Å². The molecule has 124 valence electrons. The van der Waals surface area contributed by atoms with Crippen molar-refractivity contribution in [3.05, 3.63) is 53.9 Å². The number of hydrogen-bond donors (Lipinski definition) is 0. The molecule has 5 heteroatoms. The molecular formula is C19H22N4O. The first kappa shape index (κ1) is 15.1. The molecule has 0 aliphatic carbocycles. The van der Waals surface area contributed by atoms with Crippen molar-refractivity contribution < 1.29 is 4.79 Å². The van der Waals surface area contributed by atoms with Gasteiger partial charge in [0.25, 0.3) is 0 Å². The summed E-state index contributed by atoms with van der Waals surface area (Å²) in [6.07, 6.45) is 4.57. The average molecular weight is 322 g/mol. The largest absolute Gasteiger partial charge is 0.345 e. The Labute approximate surface area is 142 Å². The van der Waals surface area contributed by atoms with E-state index in [1.165, 1.54) is 5.56 Å². The van der Waals surface area contributed by atoms with Crippen LogP contribution in [-0.2, 0) is 4.79 Å². The molecule has 2 atom stereocenters. The minimum Gasteiger partial charge on any atom is -0.345 e. The van der Waals surface area contributed by atoms with Crippen LogP contribution in [0.1, 0.15) is 23.5 Å². The van der Waals surface area contributed by atoms with Crippen LogP contribution in [0.5, 0.6) is 0 Å². The molecule has 0 unspecified atom stereocenters. The Bertz CT molecular complexity index is 746. The second-order valence-electron chi connectivity index (χ2n) is 7.04. The Hall–Kier alpha value is -2.43. The monoisotopic (exact) mass is 322 g/mol. The second kappa shape index (κ2) is 5.58. The molecule has 1 aromatic heterocycles. The van der Waals surface area contributed by atoms with Crippen LogP contribution in [0.4, 0.5) is 5.95 Å². The SMILES string of the molecule is Cc1cnc(N2C[C@H](c3ccccc3)[C@]3(CCN(C)C3=O)C2)nc1. The highest BCUT2D eigenvalue weighted by Crippen LogP contribution is 2.50. The van der Waals surface area contributed by atoms with E-state index in [9.17, 15) is 4.79 Å². The van der Waals surface area contributed by atoms with Crippen molar-refractivity contribution in [2.45, 2.75) is 19.3 Å². The standard InChI is InChI=1S/C19H22N4O/c1-14-10-20-18(21-11-14)23-12-16(15-6-4-3-5-7-15)19(13-23)8-9-22(2)17(19)24/h3-7,10-11,16H,8-9,12-13H2,1-2H3/t16-,19+/m1/s1. The lowest BCUT2D eigenvalue weighted by molar-refractivity contribution is -0.134. The summed E-state index contributed by atoms with van der Waals surface area (Å²) in [5.74, 6) is 1.16. The molecule has 0 radical (unpaired) electrons. The Morgan fingerprint density at radius 1 is 1.17 bits per heavy atom. The molecule has 2 saturated heterocycles. The van der Waals surface area contributed by atoms with E-state index in [4.69, 9.17) is 0 Å². The summed E-state index contributed by atoms with van der Waals surface area (Å²) in [6.45, 7) is 4.29. The van der Waals surface area contributed by atoms with E-state index in [0.29, 0.717) is 6.54 Å². The topological polar surface area (TPSA) is 49.3 Å². The molecule has 3 heterocycles. The number of aromatic nitrogens is 2. The third kappa shape index (κ3) is 2.27. The third-order valence-corrected chi connectivity index (χ3v) is 5.46. The lowest BCUT2D eigenvalue weighted by atomic mass is 9.73. The van der Waals surface area contributed by atoms with Crippen molar-refractivity contribution in [1.29, 1.82) is 0 Å². The van der Waals surface area contributed by atoms with Gasteiger partial charge >= 0.3 is 0 Å². The number of hydrogen-bond acceptors (Lipinski definition) is 4. The number of benzene rings is 1. The molecule has 1 spiro atoms. The molecule has 24 heavy (non-hydrogen) atoms. The smallest absolute Gasteiger partial charge is 0.231 e. The van der Waals surface area contributed by atoms with Crippen LogP contribution in [0.25, 0.3) is 0 Å². The zero-order valence-corrected chi connectivity index (χ0v) is 14.1. The van der Waals surface area contributed by atoms with Gasteiger partial charge in [-0.05, 0) is 24.5 Å². The highest BCUT2D eigenvalue weighted by Gasteiger charge is 2.56. The van der Waals surface area contributed by atoms with E-state index in [0.717, 1.165) is 31.0 Å². The zero-order valence-electron chi connectivity index (χ0n) is 14.1. The molecule has 0 saturated carbocycles. The fourth-order valence-electron chi connectivity index (χ4n) is 4.15. The number of nitrogens with zero attached hydrogens (tertiary/aromatic N) is 4. The zero-order chi connectivity index (χ0) is 16.7. The predicted octanol–water partition coefficient (Wildman–Crippen LogP) is 2.24. The maximum Gasteiger partial charge on any atom is 0.231 e. The van der Waals surface area contributed by atoms with Gasteiger partial charge in [-0.25, -0.2) is 9.97 Å². The molecule has 2 fully saturated rings. The Kier molecular flexibility index (Phi) is 3.52. The summed E-state index contributed by atoms with van der Waals surface area (Å²) in [7, 11) is 1.91. The summed E-state index contributed by atoms with van der Waals surface area (Å²) in [5.41, 5.74) is 1.92. The Morgan fingerprint density at radius 2 is 1.88 bits per heavy atom. The molecular weight excluding hydrogens is 300 g/mol. The van der Waals surface area contributed by atoms with Gasteiger partial charge in [0, 0.05) is 45.0 Å². The number of carbonyl (C=O) groups excluding carboxylic acids is 1. The summed E-state index contributed by atoms with van der Waals surface area (Å²) >= 11 is 0. The fourth-order valence-corrected chi connectivity index (χ4v) is 4.15. The van der Waals surface area contributed by atoms with Gasteiger partial charge in [-0.2, -0.15) is 0 Å². The highest BCUT2D eigenvalue weighted by molar-refractivity contribution is 5.87. The Morgan fingerprint density at radius 3 is 2.50 bits per heavy atom. The minimum absolute atomic E-state index is 0.182. The number of rotatable bonds is 2. The van der Waals surface area contributed by atoms with Crippen molar-refractivity contribution in [1.82, 2.24) is 14.9 Å². The van der Waals surface area contributed by atoms with Crippen molar-refractivity contribution in [3.63, 3.8) is 0 Å². The maximum absolute atomic E-state index is 13.0. The lowest BCUT2D eigenvalue weighted by Gasteiger charge is -2.28. The molecule has 2 aliphatic rings. The van der Waals surface area contributed by atoms with Crippen LogP contribution in [0.2, 0.25) is 0 Å². The number of anilines is 1. The fraction of sp³-hybridized carbons (Fsp3) is 0.421.